The van der Waals surface area contributed by atoms with E-state index in [-0.39, 0.29) is 28.4 Å². The van der Waals surface area contributed by atoms with Crippen LogP contribution in [0.15, 0.2) is 59.5 Å². The summed E-state index contributed by atoms with van der Waals surface area (Å²) in [6.45, 7) is 4.34. The van der Waals surface area contributed by atoms with E-state index >= 15 is 0 Å². The zero-order chi connectivity index (χ0) is 25.8. The smallest absolute Gasteiger partial charge is 0.337 e. The molecule has 3 aromatic carbocycles. The lowest BCUT2D eigenvalue weighted by molar-refractivity contribution is 0.0692. The maximum Gasteiger partial charge on any atom is 0.337 e. The highest BCUT2D eigenvalue weighted by Crippen LogP contribution is 2.37. The molecule has 1 heterocycles. The van der Waals surface area contributed by atoms with Crippen molar-refractivity contribution in [1.82, 2.24) is 4.90 Å². The average molecular weight is 506 g/mol. The van der Waals surface area contributed by atoms with Gasteiger partial charge in [-0.05, 0) is 84.8 Å². The predicted octanol–water partition coefficient (Wildman–Crippen LogP) is 3.64. The van der Waals surface area contributed by atoms with Crippen molar-refractivity contribution in [2.24, 2.45) is 5.14 Å². The standard InChI is InChI=1S/C27H27N3O5S/c1-15-9-22(16(2)29-25-6-4-3-5-21(25)27(32)33)24-14-30(26(31)23(24)10-15)19-11-17-7-8-20(36(28,34)35)13-18(17)12-19/h3-10,13,16,19,29H,11-12,14H2,1-2H3,(H,32,33)(H2,28,34,35). The third kappa shape index (κ3) is 4.25. The number of aryl methyl sites for hydroxylation is 1. The van der Waals surface area contributed by atoms with Crippen molar-refractivity contribution in [1.29, 1.82) is 0 Å². The molecular formula is C27H27N3O5S. The van der Waals surface area contributed by atoms with Crippen molar-refractivity contribution < 1.29 is 23.1 Å². The Morgan fingerprint density at radius 2 is 1.83 bits per heavy atom. The number of anilines is 1. The van der Waals surface area contributed by atoms with Crippen LogP contribution in [0.25, 0.3) is 0 Å². The number of primary sulfonamides is 1. The number of rotatable bonds is 6. The number of carbonyl (C=O) groups is 2. The molecule has 9 heteroatoms. The number of amides is 1. The van der Waals surface area contributed by atoms with E-state index in [4.69, 9.17) is 5.14 Å². The van der Waals surface area contributed by atoms with Crippen LogP contribution in [0.4, 0.5) is 5.69 Å². The highest BCUT2D eigenvalue weighted by Gasteiger charge is 2.38. The average Bonchev–Trinajstić information content (AvgIpc) is 3.38. The Balaban J connectivity index is 1.42. The van der Waals surface area contributed by atoms with Crippen molar-refractivity contribution in [2.75, 3.05) is 5.32 Å². The summed E-state index contributed by atoms with van der Waals surface area (Å²) < 4.78 is 23.5. The summed E-state index contributed by atoms with van der Waals surface area (Å²) in [5.74, 6) is -1.05. The largest absolute Gasteiger partial charge is 0.478 e. The summed E-state index contributed by atoms with van der Waals surface area (Å²) in [6, 6.07) is 15.3. The molecule has 0 bridgehead atoms. The summed E-state index contributed by atoms with van der Waals surface area (Å²) in [5, 5.41) is 18.2. The summed E-state index contributed by atoms with van der Waals surface area (Å²) >= 11 is 0. The molecule has 0 saturated heterocycles. The van der Waals surface area contributed by atoms with E-state index < -0.39 is 16.0 Å². The van der Waals surface area contributed by atoms with Gasteiger partial charge >= 0.3 is 5.97 Å². The number of aromatic carboxylic acids is 1. The molecule has 0 fully saturated rings. The second-order valence-corrected chi connectivity index (χ2v) is 11.1. The van der Waals surface area contributed by atoms with E-state index in [1.807, 2.05) is 30.9 Å². The van der Waals surface area contributed by atoms with Gasteiger partial charge in [-0.3, -0.25) is 4.79 Å². The second kappa shape index (κ2) is 8.76. The van der Waals surface area contributed by atoms with Gasteiger partial charge in [-0.1, -0.05) is 24.3 Å². The predicted molar refractivity (Wildman–Crippen MR) is 136 cm³/mol. The number of carboxylic acid groups (broad SMARTS) is 1. The molecule has 0 aromatic heterocycles. The number of nitrogens with two attached hydrogens (primary N) is 1. The van der Waals surface area contributed by atoms with E-state index in [9.17, 15) is 23.1 Å². The number of nitrogens with one attached hydrogen (secondary N) is 1. The first-order chi connectivity index (χ1) is 17.0. The molecular weight excluding hydrogens is 478 g/mol. The van der Waals surface area contributed by atoms with E-state index in [1.165, 1.54) is 6.07 Å². The number of sulfonamides is 1. The lowest BCUT2D eigenvalue weighted by atomic mass is 9.95. The number of carbonyl (C=O) groups excluding carboxylic acids is 1. The highest BCUT2D eigenvalue weighted by molar-refractivity contribution is 7.89. The molecule has 2 aliphatic rings. The number of fused-ring (bicyclic) bond motifs is 2. The normalized spacial score (nSPS) is 17.6. The number of hydrogen-bond donors (Lipinski definition) is 3. The van der Waals surface area contributed by atoms with Crippen molar-refractivity contribution in [3.63, 3.8) is 0 Å². The van der Waals surface area contributed by atoms with E-state index in [0.29, 0.717) is 30.6 Å². The van der Waals surface area contributed by atoms with Crippen molar-refractivity contribution in [2.45, 2.75) is 50.2 Å². The molecule has 2 unspecified atom stereocenters. The Kier molecular flexibility index (Phi) is 5.84. The third-order valence-electron chi connectivity index (χ3n) is 7.10. The zero-order valence-corrected chi connectivity index (χ0v) is 20.8. The number of benzene rings is 3. The van der Waals surface area contributed by atoms with Crippen LogP contribution in [0.5, 0.6) is 0 Å². The Bertz CT molecular complexity index is 1520. The molecule has 1 aliphatic carbocycles. The highest BCUT2D eigenvalue weighted by atomic mass is 32.2. The van der Waals surface area contributed by atoms with Crippen LogP contribution in [-0.4, -0.2) is 36.3 Å². The van der Waals surface area contributed by atoms with Crippen molar-refractivity contribution in [3.8, 4) is 0 Å². The van der Waals surface area contributed by atoms with Crippen molar-refractivity contribution >= 4 is 27.6 Å². The fourth-order valence-corrected chi connectivity index (χ4v) is 5.93. The van der Waals surface area contributed by atoms with Crippen LogP contribution < -0.4 is 10.5 Å². The summed E-state index contributed by atoms with van der Waals surface area (Å²) in [7, 11) is -3.79. The Labute approximate surface area is 209 Å². The minimum Gasteiger partial charge on any atom is -0.478 e. The molecule has 5 rings (SSSR count). The Morgan fingerprint density at radius 3 is 2.56 bits per heavy atom. The van der Waals surface area contributed by atoms with Gasteiger partial charge in [0.1, 0.15) is 0 Å². The molecule has 1 amide bonds. The SMILES string of the molecule is Cc1cc2c(c(C(C)Nc3ccccc3C(=O)O)c1)CN(C1Cc3ccc(S(N)(=O)=O)cc3C1)C2=O. The van der Waals surface area contributed by atoms with E-state index in [0.717, 1.165) is 27.8 Å². The monoisotopic (exact) mass is 505 g/mol. The lowest BCUT2D eigenvalue weighted by Crippen LogP contribution is -2.36. The minimum atomic E-state index is -3.79. The van der Waals surface area contributed by atoms with Crippen LogP contribution in [0.2, 0.25) is 0 Å². The van der Waals surface area contributed by atoms with Gasteiger partial charge in [0.25, 0.3) is 5.91 Å². The summed E-state index contributed by atoms with van der Waals surface area (Å²) in [4.78, 5) is 27.1. The molecule has 186 valence electrons. The molecule has 2 atom stereocenters. The van der Waals surface area contributed by atoms with Gasteiger partial charge < -0.3 is 15.3 Å². The van der Waals surface area contributed by atoms with Crippen molar-refractivity contribution in [3.05, 3.63) is 93.5 Å². The topological polar surface area (TPSA) is 130 Å². The molecule has 0 spiro atoms. The van der Waals surface area contributed by atoms with Crippen LogP contribution in [-0.2, 0) is 29.4 Å². The number of nitrogens with zero attached hydrogens (tertiary/aromatic N) is 1. The zero-order valence-electron chi connectivity index (χ0n) is 20.0. The van der Waals surface area contributed by atoms with Gasteiger partial charge in [-0.2, -0.15) is 0 Å². The maximum atomic E-state index is 13.5. The molecule has 1 aliphatic heterocycles. The van der Waals surface area contributed by atoms with E-state index in [2.05, 4.69) is 5.32 Å². The molecule has 0 radical (unpaired) electrons. The Hall–Kier alpha value is -3.69. The Morgan fingerprint density at radius 1 is 1.11 bits per heavy atom. The second-order valence-electron chi connectivity index (χ2n) is 9.57. The molecule has 36 heavy (non-hydrogen) atoms. The summed E-state index contributed by atoms with van der Waals surface area (Å²) in [6.07, 6.45) is 1.21. The molecule has 0 saturated carbocycles. The van der Waals surface area contributed by atoms with Gasteiger partial charge in [0.05, 0.1) is 10.5 Å². The van der Waals surface area contributed by atoms with Crippen LogP contribution in [0.3, 0.4) is 0 Å². The lowest BCUT2D eigenvalue weighted by Gasteiger charge is -2.24. The molecule has 3 aromatic rings. The van der Waals surface area contributed by atoms with Crippen LogP contribution >= 0.6 is 0 Å². The van der Waals surface area contributed by atoms with Gasteiger partial charge in [0.2, 0.25) is 10.0 Å². The van der Waals surface area contributed by atoms with Gasteiger partial charge in [-0.25, -0.2) is 18.4 Å². The fraction of sp³-hybridized carbons (Fsp3) is 0.259. The van der Waals surface area contributed by atoms with Gasteiger partial charge in [-0.15, -0.1) is 0 Å². The van der Waals surface area contributed by atoms with Gasteiger partial charge in [0.15, 0.2) is 0 Å². The maximum absolute atomic E-state index is 13.5. The fourth-order valence-electron chi connectivity index (χ4n) is 5.36. The first kappa shape index (κ1) is 24.0. The summed E-state index contributed by atoms with van der Waals surface area (Å²) in [5.41, 5.74) is 6.12. The van der Waals surface area contributed by atoms with Crippen LogP contribution in [0, 0.1) is 6.92 Å². The first-order valence-electron chi connectivity index (χ1n) is 11.7. The molecule has 4 N–H and O–H groups in total. The van der Waals surface area contributed by atoms with E-state index in [1.54, 1.807) is 36.4 Å². The first-order valence-corrected chi connectivity index (χ1v) is 13.3. The third-order valence-corrected chi connectivity index (χ3v) is 8.01. The number of para-hydroxylation sites is 1. The van der Waals surface area contributed by atoms with Crippen LogP contribution in [0.1, 0.15) is 61.5 Å². The number of hydrogen-bond acceptors (Lipinski definition) is 5. The molecule has 8 nitrogen and oxygen atoms in total. The number of carboxylic acids is 1. The van der Waals surface area contributed by atoms with Gasteiger partial charge in [0, 0.05) is 29.9 Å². The quantitative estimate of drug-likeness (QED) is 0.469. The minimum absolute atomic E-state index is 0.0439.